The third-order valence-corrected chi connectivity index (χ3v) is 13.1. The summed E-state index contributed by atoms with van der Waals surface area (Å²) >= 11 is 0. The Morgan fingerprint density at radius 3 is 0.956 bits per heavy atom. The van der Waals surface area contributed by atoms with E-state index in [1.165, 1.54) is 193 Å². The molecule has 2 unspecified atom stereocenters. The lowest BCUT2D eigenvalue weighted by molar-refractivity contribution is -0.122. The average Bonchev–Trinajstić information content (AvgIpc) is 3.34. The second kappa shape index (κ2) is 58.6. The summed E-state index contributed by atoms with van der Waals surface area (Å²) in [6, 6.07) is -0.661. The first kappa shape index (κ1) is 65.3. The van der Waals surface area contributed by atoms with Gasteiger partial charge in [-0.3, -0.25) is 4.79 Å². The second-order valence-corrected chi connectivity index (χ2v) is 19.7. The lowest BCUT2D eigenvalue weighted by Gasteiger charge is -2.19. The van der Waals surface area contributed by atoms with Crippen molar-refractivity contribution in [3.05, 3.63) is 97.2 Å². The van der Waals surface area contributed by atoms with E-state index in [0.717, 1.165) is 70.6 Å². The SMILES string of the molecule is CC/C=C\C/C=C\C/C=C\C/C=C\C/C=C\C/C=C\C/C=C\CCCC(=O)NC(CO)C(O)/C=C/CCCCCCCCCCCCCCCCCCCCCCCCCCCCCCCCC. The van der Waals surface area contributed by atoms with Crippen LogP contribution in [0.15, 0.2) is 97.2 Å². The Bertz CT molecular complexity index is 1250. The molecule has 0 radical (unpaired) electrons. The van der Waals surface area contributed by atoms with Gasteiger partial charge in [0.15, 0.2) is 0 Å². The van der Waals surface area contributed by atoms with Crippen molar-refractivity contribution in [3.8, 4) is 0 Å². The van der Waals surface area contributed by atoms with E-state index in [2.05, 4.69) is 104 Å². The van der Waals surface area contributed by atoms with Crippen LogP contribution in [0.5, 0.6) is 0 Å². The molecule has 0 saturated heterocycles. The Kier molecular flexibility index (Phi) is 56.3. The highest BCUT2D eigenvalue weighted by Gasteiger charge is 2.17. The van der Waals surface area contributed by atoms with E-state index in [9.17, 15) is 15.0 Å². The van der Waals surface area contributed by atoms with Gasteiger partial charge in [-0.25, -0.2) is 0 Å². The number of amides is 1. The van der Waals surface area contributed by atoms with E-state index < -0.39 is 12.1 Å². The number of nitrogens with one attached hydrogen (secondary N) is 1. The fourth-order valence-electron chi connectivity index (χ4n) is 8.64. The van der Waals surface area contributed by atoms with Crippen molar-refractivity contribution in [3.63, 3.8) is 0 Å². The molecule has 0 saturated carbocycles. The molecular formula is C64H113NO3. The molecule has 4 nitrogen and oxygen atoms in total. The minimum absolute atomic E-state index is 0.122. The van der Waals surface area contributed by atoms with Crippen molar-refractivity contribution in [2.24, 2.45) is 0 Å². The Morgan fingerprint density at radius 1 is 0.368 bits per heavy atom. The highest BCUT2D eigenvalue weighted by Crippen LogP contribution is 2.17. The summed E-state index contributed by atoms with van der Waals surface area (Å²) in [4.78, 5) is 12.4. The van der Waals surface area contributed by atoms with E-state index in [4.69, 9.17) is 0 Å². The molecule has 0 aromatic carbocycles. The fourth-order valence-corrected chi connectivity index (χ4v) is 8.64. The summed E-state index contributed by atoms with van der Waals surface area (Å²) in [7, 11) is 0. The summed E-state index contributed by atoms with van der Waals surface area (Å²) in [5.41, 5.74) is 0. The van der Waals surface area contributed by atoms with Crippen molar-refractivity contribution in [1.29, 1.82) is 0 Å². The quantitative estimate of drug-likeness (QED) is 0.0420. The van der Waals surface area contributed by atoms with E-state index in [1.807, 2.05) is 6.08 Å². The van der Waals surface area contributed by atoms with Crippen LogP contribution >= 0.6 is 0 Å². The molecule has 0 fully saturated rings. The molecule has 0 bridgehead atoms. The predicted molar refractivity (Wildman–Crippen MR) is 303 cm³/mol. The number of hydrogen-bond donors (Lipinski definition) is 3. The van der Waals surface area contributed by atoms with Crippen LogP contribution in [-0.4, -0.2) is 34.9 Å². The zero-order valence-electron chi connectivity index (χ0n) is 45.1. The molecule has 0 spiro atoms. The summed E-state index contributed by atoms with van der Waals surface area (Å²) in [5.74, 6) is -0.122. The molecule has 392 valence electrons. The van der Waals surface area contributed by atoms with Gasteiger partial charge in [0.05, 0.1) is 18.8 Å². The molecule has 0 rings (SSSR count). The maximum atomic E-state index is 12.4. The average molecular weight is 945 g/mol. The van der Waals surface area contributed by atoms with Gasteiger partial charge in [0, 0.05) is 6.42 Å². The molecule has 3 N–H and O–H groups in total. The van der Waals surface area contributed by atoms with E-state index in [-0.39, 0.29) is 12.5 Å². The van der Waals surface area contributed by atoms with Gasteiger partial charge in [0.25, 0.3) is 0 Å². The van der Waals surface area contributed by atoms with E-state index >= 15 is 0 Å². The molecule has 68 heavy (non-hydrogen) atoms. The van der Waals surface area contributed by atoms with Crippen molar-refractivity contribution in [2.75, 3.05) is 6.61 Å². The van der Waals surface area contributed by atoms with Crippen LogP contribution in [0.1, 0.15) is 284 Å². The van der Waals surface area contributed by atoms with Gasteiger partial charge in [-0.15, -0.1) is 0 Å². The van der Waals surface area contributed by atoms with Crippen LogP contribution in [0.25, 0.3) is 0 Å². The molecule has 0 aliphatic rings. The van der Waals surface area contributed by atoms with Gasteiger partial charge >= 0.3 is 0 Å². The van der Waals surface area contributed by atoms with Crippen molar-refractivity contribution < 1.29 is 15.0 Å². The standard InChI is InChI=1S/C64H113NO3/c1-3-5-7-9-11-13-15-17-19-21-23-25-27-28-29-30-31-32-33-34-35-36-38-39-41-43-45-47-49-51-53-55-57-59-63(67)62(61-66)65-64(68)60-58-56-54-52-50-48-46-44-42-40-37-26-24-22-20-18-16-14-12-10-8-6-4-2/h6,8,12,14,18,20,24,26,40,42,46,48,52,54,57,59,62-63,66-67H,3-5,7,9-11,13,15-17,19,21-23,25,27-39,41,43-45,47,49-51,53,55-56,58,60-61H2,1-2H3,(H,65,68)/b8-6-,14-12-,20-18-,26-24-,42-40-,48-46-,54-52-,59-57+. The molecular weight excluding hydrogens is 831 g/mol. The first-order valence-corrected chi connectivity index (χ1v) is 29.5. The molecule has 4 heteroatoms. The first-order valence-electron chi connectivity index (χ1n) is 29.5. The third-order valence-electron chi connectivity index (χ3n) is 13.1. The number of carbonyl (C=O) groups excluding carboxylic acids is 1. The zero-order valence-corrected chi connectivity index (χ0v) is 45.1. The molecule has 0 aliphatic heterocycles. The van der Waals surface area contributed by atoms with Gasteiger partial charge in [-0.1, -0.05) is 304 Å². The summed E-state index contributed by atoms with van der Waals surface area (Å²) in [5, 5.41) is 23.1. The second-order valence-electron chi connectivity index (χ2n) is 19.7. The molecule has 1 amide bonds. The highest BCUT2D eigenvalue weighted by molar-refractivity contribution is 5.76. The topological polar surface area (TPSA) is 69.6 Å². The van der Waals surface area contributed by atoms with Gasteiger partial charge in [0.2, 0.25) is 5.91 Å². The number of rotatable bonds is 53. The maximum Gasteiger partial charge on any atom is 0.220 e. The third kappa shape index (κ3) is 54.3. The first-order chi connectivity index (χ1) is 33.7. The summed E-state index contributed by atoms with van der Waals surface area (Å²) in [6.07, 6.45) is 87.3. The number of unbranched alkanes of at least 4 members (excludes halogenated alkanes) is 32. The van der Waals surface area contributed by atoms with Crippen molar-refractivity contribution >= 4 is 5.91 Å². The summed E-state index contributed by atoms with van der Waals surface area (Å²) in [6.45, 7) is 4.19. The monoisotopic (exact) mass is 944 g/mol. The minimum Gasteiger partial charge on any atom is -0.394 e. The van der Waals surface area contributed by atoms with Crippen LogP contribution in [-0.2, 0) is 4.79 Å². The Hall–Kier alpha value is -2.69. The van der Waals surface area contributed by atoms with Crippen LogP contribution in [0.2, 0.25) is 0 Å². The van der Waals surface area contributed by atoms with Crippen LogP contribution in [0, 0.1) is 0 Å². The van der Waals surface area contributed by atoms with Crippen molar-refractivity contribution in [2.45, 2.75) is 296 Å². The molecule has 0 heterocycles. The lowest BCUT2D eigenvalue weighted by atomic mass is 10.0. The van der Waals surface area contributed by atoms with Crippen LogP contribution in [0.3, 0.4) is 0 Å². The maximum absolute atomic E-state index is 12.4. The van der Waals surface area contributed by atoms with E-state index in [1.54, 1.807) is 6.08 Å². The zero-order chi connectivity index (χ0) is 49.2. The molecule has 0 aromatic heterocycles. The highest BCUT2D eigenvalue weighted by atomic mass is 16.3. The Balaban J connectivity index is 3.56. The summed E-state index contributed by atoms with van der Waals surface area (Å²) < 4.78 is 0. The van der Waals surface area contributed by atoms with Crippen molar-refractivity contribution in [1.82, 2.24) is 5.32 Å². The number of hydrogen-bond acceptors (Lipinski definition) is 3. The number of allylic oxidation sites excluding steroid dienone is 15. The Labute approximate surface area is 424 Å². The molecule has 2 atom stereocenters. The van der Waals surface area contributed by atoms with Crippen LogP contribution in [0.4, 0.5) is 0 Å². The Morgan fingerprint density at radius 2 is 0.647 bits per heavy atom. The predicted octanol–water partition coefficient (Wildman–Crippen LogP) is 19.7. The normalized spacial score (nSPS) is 13.5. The van der Waals surface area contributed by atoms with Gasteiger partial charge in [0.1, 0.15) is 0 Å². The van der Waals surface area contributed by atoms with Gasteiger partial charge < -0.3 is 15.5 Å². The number of carbonyl (C=O) groups is 1. The molecule has 0 aromatic rings. The number of aliphatic hydroxyl groups excluding tert-OH is 2. The van der Waals surface area contributed by atoms with E-state index in [0.29, 0.717) is 6.42 Å². The number of aliphatic hydroxyl groups is 2. The molecule has 0 aliphatic carbocycles. The van der Waals surface area contributed by atoms with Gasteiger partial charge in [-0.2, -0.15) is 0 Å². The smallest absolute Gasteiger partial charge is 0.220 e. The van der Waals surface area contributed by atoms with Gasteiger partial charge in [-0.05, 0) is 70.6 Å². The largest absolute Gasteiger partial charge is 0.394 e. The van der Waals surface area contributed by atoms with Crippen LogP contribution < -0.4 is 5.32 Å². The fraction of sp³-hybridized carbons (Fsp3) is 0.734. The lowest BCUT2D eigenvalue weighted by Crippen LogP contribution is -2.45. The minimum atomic E-state index is -0.872.